The number of nitrogens with zero attached hydrogens (tertiary/aromatic N) is 2. The van der Waals surface area contributed by atoms with Gasteiger partial charge in [0.25, 0.3) is 0 Å². The van der Waals surface area contributed by atoms with E-state index < -0.39 is 11.9 Å². The summed E-state index contributed by atoms with van der Waals surface area (Å²) in [5.74, 6) is -0.516. The average molecular weight is 305 g/mol. The summed E-state index contributed by atoms with van der Waals surface area (Å²) in [6.45, 7) is 1.80. The number of hydrogen-bond acceptors (Lipinski definition) is 7. The van der Waals surface area contributed by atoms with E-state index in [9.17, 15) is 9.59 Å². The highest BCUT2D eigenvalue weighted by molar-refractivity contribution is 5.93. The van der Waals surface area contributed by atoms with Crippen molar-refractivity contribution < 1.29 is 23.8 Å². The van der Waals surface area contributed by atoms with E-state index >= 15 is 0 Å². The largest absolute Gasteiger partial charge is 0.482 e. The topological polar surface area (TPSA) is 103 Å². The van der Waals surface area contributed by atoms with Gasteiger partial charge in [0.05, 0.1) is 13.7 Å². The molecular weight excluding hydrogens is 290 g/mol. The minimum atomic E-state index is -0.544. The number of aromatic nitrogens is 3. The Morgan fingerprint density at radius 2 is 1.91 bits per heavy atom. The van der Waals surface area contributed by atoms with E-state index in [4.69, 9.17) is 9.47 Å². The number of rotatable bonds is 6. The standard InChI is InChI=1S/C14H15N3O5/c1-3-21-14(19)13-12(15-17-16-13)9-4-6-10(7-5-9)22-8-11(18)20-2/h4-7H,3,8H2,1-2H3,(H,15,16,17). The third kappa shape index (κ3) is 3.60. The van der Waals surface area contributed by atoms with Crippen LogP contribution in [0.1, 0.15) is 17.4 Å². The quantitative estimate of drug-likeness (QED) is 0.800. The summed E-state index contributed by atoms with van der Waals surface area (Å²) in [5.41, 5.74) is 1.17. The van der Waals surface area contributed by atoms with E-state index in [1.165, 1.54) is 7.11 Å². The highest BCUT2D eigenvalue weighted by Gasteiger charge is 2.18. The second-order valence-corrected chi connectivity index (χ2v) is 4.13. The van der Waals surface area contributed by atoms with Crippen LogP contribution >= 0.6 is 0 Å². The third-order valence-corrected chi connectivity index (χ3v) is 2.73. The fourth-order valence-corrected chi connectivity index (χ4v) is 1.68. The number of aromatic amines is 1. The molecule has 0 saturated heterocycles. The van der Waals surface area contributed by atoms with Crippen molar-refractivity contribution in [3.8, 4) is 17.0 Å². The summed E-state index contributed by atoms with van der Waals surface area (Å²) in [4.78, 5) is 22.8. The summed E-state index contributed by atoms with van der Waals surface area (Å²) >= 11 is 0. The molecule has 0 amide bonds. The fraction of sp³-hybridized carbons (Fsp3) is 0.286. The lowest BCUT2D eigenvalue weighted by atomic mass is 10.1. The molecule has 0 atom stereocenters. The summed E-state index contributed by atoms with van der Waals surface area (Å²) < 4.78 is 14.6. The maximum absolute atomic E-state index is 11.8. The molecule has 1 heterocycles. The van der Waals surface area contributed by atoms with E-state index in [1.54, 1.807) is 31.2 Å². The molecule has 1 N–H and O–H groups in total. The maximum Gasteiger partial charge on any atom is 0.361 e. The number of carbonyl (C=O) groups excluding carboxylic acids is 2. The molecule has 2 aromatic rings. The first-order valence-corrected chi connectivity index (χ1v) is 6.53. The Hall–Kier alpha value is -2.90. The Balaban J connectivity index is 2.12. The molecule has 116 valence electrons. The zero-order chi connectivity index (χ0) is 15.9. The first-order chi connectivity index (χ1) is 10.7. The Bertz CT molecular complexity index is 651. The zero-order valence-electron chi connectivity index (χ0n) is 12.2. The molecule has 0 fully saturated rings. The van der Waals surface area contributed by atoms with E-state index in [-0.39, 0.29) is 18.9 Å². The Morgan fingerprint density at radius 1 is 1.18 bits per heavy atom. The number of methoxy groups -OCH3 is 1. The van der Waals surface area contributed by atoms with Crippen molar-refractivity contribution in [2.24, 2.45) is 0 Å². The van der Waals surface area contributed by atoms with Crippen molar-refractivity contribution in [3.05, 3.63) is 30.0 Å². The smallest absolute Gasteiger partial charge is 0.361 e. The molecular formula is C14H15N3O5. The minimum Gasteiger partial charge on any atom is -0.482 e. The molecule has 0 saturated carbocycles. The van der Waals surface area contributed by atoms with Gasteiger partial charge in [-0.2, -0.15) is 10.3 Å². The lowest BCUT2D eigenvalue weighted by Crippen LogP contribution is -2.12. The molecule has 0 aliphatic carbocycles. The molecule has 8 nitrogen and oxygen atoms in total. The Morgan fingerprint density at radius 3 is 2.55 bits per heavy atom. The average Bonchev–Trinajstić information content (AvgIpc) is 3.03. The van der Waals surface area contributed by atoms with Gasteiger partial charge in [0, 0.05) is 5.56 Å². The number of benzene rings is 1. The highest BCUT2D eigenvalue weighted by atomic mass is 16.6. The van der Waals surface area contributed by atoms with Crippen molar-refractivity contribution >= 4 is 11.9 Å². The predicted molar refractivity (Wildman–Crippen MR) is 75.3 cm³/mol. The van der Waals surface area contributed by atoms with Gasteiger partial charge < -0.3 is 14.2 Å². The first kappa shape index (κ1) is 15.5. The number of carbonyl (C=O) groups is 2. The molecule has 1 aromatic carbocycles. The SMILES string of the molecule is CCOC(=O)c1n[nH]nc1-c1ccc(OCC(=O)OC)cc1. The van der Waals surface area contributed by atoms with E-state index in [2.05, 4.69) is 20.1 Å². The van der Waals surface area contributed by atoms with E-state index in [1.807, 2.05) is 0 Å². The first-order valence-electron chi connectivity index (χ1n) is 6.53. The van der Waals surface area contributed by atoms with Crippen molar-refractivity contribution in [3.63, 3.8) is 0 Å². The number of H-pyrrole nitrogens is 1. The summed E-state index contributed by atoms with van der Waals surface area (Å²) in [5, 5.41) is 10.2. The second kappa shape index (κ2) is 7.21. The van der Waals surface area contributed by atoms with E-state index in [0.717, 1.165) is 0 Å². The number of hydrogen-bond donors (Lipinski definition) is 1. The van der Waals surface area contributed by atoms with Gasteiger partial charge in [-0.3, -0.25) is 0 Å². The van der Waals surface area contributed by atoms with Gasteiger partial charge in [0.2, 0.25) is 0 Å². The molecule has 0 aliphatic heterocycles. The van der Waals surface area contributed by atoms with Crippen LogP contribution in [0.5, 0.6) is 5.75 Å². The van der Waals surface area contributed by atoms with E-state index in [0.29, 0.717) is 17.0 Å². The van der Waals surface area contributed by atoms with Gasteiger partial charge in [0.1, 0.15) is 11.4 Å². The van der Waals surface area contributed by atoms with Gasteiger partial charge in [-0.15, -0.1) is 5.10 Å². The molecule has 1 aromatic heterocycles. The van der Waals surface area contributed by atoms with Crippen LogP contribution in [0.15, 0.2) is 24.3 Å². The second-order valence-electron chi connectivity index (χ2n) is 4.13. The highest BCUT2D eigenvalue weighted by Crippen LogP contribution is 2.23. The van der Waals surface area contributed by atoms with Gasteiger partial charge in [-0.25, -0.2) is 9.59 Å². The van der Waals surface area contributed by atoms with Crippen LogP contribution in [0, 0.1) is 0 Å². The normalized spacial score (nSPS) is 10.1. The van der Waals surface area contributed by atoms with Gasteiger partial charge in [-0.1, -0.05) is 0 Å². The lowest BCUT2D eigenvalue weighted by molar-refractivity contribution is -0.142. The van der Waals surface area contributed by atoms with Crippen LogP contribution < -0.4 is 4.74 Å². The van der Waals surface area contributed by atoms with Crippen LogP contribution in [0.25, 0.3) is 11.3 Å². The van der Waals surface area contributed by atoms with Crippen molar-refractivity contribution in [1.29, 1.82) is 0 Å². The molecule has 0 aliphatic rings. The Kier molecular flexibility index (Phi) is 5.07. The molecule has 0 spiro atoms. The van der Waals surface area contributed by atoms with Crippen molar-refractivity contribution in [2.75, 3.05) is 20.3 Å². The molecule has 0 unspecified atom stereocenters. The summed E-state index contributed by atoms with van der Waals surface area (Å²) in [6, 6.07) is 6.71. The maximum atomic E-state index is 11.8. The molecule has 0 radical (unpaired) electrons. The zero-order valence-corrected chi connectivity index (χ0v) is 12.2. The summed E-state index contributed by atoms with van der Waals surface area (Å²) in [7, 11) is 1.29. The van der Waals surface area contributed by atoms with Gasteiger partial charge in [-0.05, 0) is 31.2 Å². The van der Waals surface area contributed by atoms with Crippen molar-refractivity contribution in [1.82, 2.24) is 15.4 Å². The Labute approximate surface area is 126 Å². The van der Waals surface area contributed by atoms with Gasteiger partial charge in [0.15, 0.2) is 12.3 Å². The van der Waals surface area contributed by atoms with Crippen LogP contribution in [-0.4, -0.2) is 47.7 Å². The molecule has 2 rings (SSSR count). The monoisotopic (exact) mass is 305 g/mol. The van der Waals surface area contributed by atoms with Crippen molar-refractivity contribution in [2.45, 2.75) is 6.92 Å². The molecule has 0 bridgehead atoms. The third-order valence-electron chi connectivity index (χ3n) is 2.73. The fourth-order valence-electron chi connectivity index (χ4n) is 1.68. The van der Waals surface area contributed by atoms with Crippen LogP contribution in [0.2, 0.25) is 0 Å². The van der Waals surface area contributed by atoms with Crippen LogP contribution in [-0.2, 0) is 14.3 Å². The number of esters is 2. The van der Waals surface area contributed by atoms with Gasteiger partial charge >= 0.3 is 11.9 Å². The predicted octanol–water partition coefficient (Wildman–Crippen LogP) is 1.20. The molecule has 22 heavy (non-hydrogen) atoms. The molecule has 8 heteroatoms. The number of nitrogens with one attached hydrogen (secondary N) is 1. The van der Waals surface area contributed by atoms with Crippen LogP contribution in [0.3, 0.4) is 0 Å². The van der Waals surface area contributed by atoms with Crippen LogP contribution in [0.4, 0.5) is 0 Å². The lowest BCUT2D eigenvalue weighted by Gasteiger charge is -2.05. The summed E-state index contributed by atoms with van der Waals surface area (Å²) in [6.07, 6.45) is 0. The number of ether oxygens (including phenoxy) is 3. The minimum absolute atomic E-state index is 0.116.